The molecule has 0 aliphatic rings. The number of hydrogen-bond donors (Lipinski definition) is 1. The van der Waals surface area contributed by atoms with Gasteiger partial charge in [0.25, 0.3) is 0 Å². The van der Waals surface area contributed by atoms with Crippen LogP contribution in [0.15, 0.2) is 23.1 Å². The van der Waals surface area contributed by atoms with Crippen LogP contribution in [-0.4, -0.2) is 27.0 Å². The van der Waals surface area contributed by atoms with Crippen molar-refractivity contribution in [2.75, 3.05) is 18.6 Å². The minimum absolute atomic E-state index is 0.234. The SMILES string of the molecule is CSCCNS(=O)(=O)c1ccc(C#N)cc1C. The highest BCUT2D eigenvalue weighted by atomic mass is 32.2. The Morgan fingerprint density at radius 1 is 1.47 bits per heavy atom. The van der Waals surface area contributed by atoms with Crippen molar-refractivity contribution in [3.05, 3.63) is 29.3 Å². The van der Waals surface area contributed by atoms with E-state index in [1.165, 1.54) is 12.1 Å². The molecule has 4 nitrogen and oxygen atoms in total. The van der Waals surface area contributed by atoms with Crippen LogP contribution < -0.4 is 4.72 Å². The lowest BCUT2D eigenvalue weighted by Gasteiger charge is -2.08. The Hall–Kier alpha value is -1.03. The molecule has 0 radical (unpaired) electrons. The largest absolute Gasteiger partial charge is 0.240 e. The van der Waals surface area contributed by atoms with E-state index in [0.717, 1.165) is 5.75 Å². The minimum Gasteiger partial charge on any atom is -0.210 e. The maximum Gasteiger partial charge on any atom is 0.240 e. The number of aryl methyl sites for hydroxylation is 1. The summed E-state index contributed by atoms with van der Waals surface area (Å²) in [6.07, 6.45) is 1.92. The van der Waals surface area contributed by atoms with Crippen molar-refractivity contribution in [3.63, 3.8) is 0 Å². The fourth-order valence-electron chi connectivity index (χ4n) is 1.38. The van der Waals surface area contributed by atoms with Gasteiger partial charge >= 0.3 is 0 Å². The third-order valence-corrected chi connectivity index (χ3v) is 4.43. The van der Waals surface area contributed by atoms with Crippen LogP contribution in [0.25, 0.3) is 0 Å². The van der Waals surface area contributed by atoms with Crippen molar-refractivity contribution in [1.82, 2.24) is 4.72 Å². The summed E-state index contributed by atoms with van der Waals surface area (Å²) >= 11 is 1.58. The highest BCUT2D eigenvalue weighted by Gasteiger charge is 2.15. The van der Waals surface area contributed by atoms with E-state index in [1.54, 1.807) is 24.8 Å². The minimum atomic E-state index is -3.46. The normalized spacial score (nSPS) is 11.1. The van der Waals surface area contributed by atoms with Crippen LogP contribution in [-0.2, 0) is 10.0 Å². The average molecular weight is 270 g/mol. The van der Waals surface area contributed by atoms with Crippen molar-refractivity contribution < 1.29 is 8.42 Å². The Balaban J connectivity index is 2.96. The van der Waals surface area contributed by atoms with Crippen molar-refractivity contribution in [2.45, 2.75) is 11.8 Å². The lowest BCUT2D eigenvalue weighted by Crippen LogP contribution is -2.26. The zero-order chi connectivity index (χ0) is 12.9. The monoisotopic (exact) mass is 270 g/mol. The van der Waals surface area contributed by atoms with Crippen molar-refractivity contribution in [2.24, 2.45) is 0 Å². The molecule has 17 heavy (non-hydrogen) atoms. The summed E-state index contributed by atoms with van der Waals surface area (Å²) in [5, 5.41) is 8.71. The number of hydrogen-bond acceptors (Lipinski definition) is 4. The molecular weight excluding hydrogens is 256 g/mol. The van der Waals surface area contributed by atoms with Gasteiger partial charge in [-0.15, -0.1) is 0 Å². The third kappa shape index (κ3) is 3.73. The van der Waals surface area contributed by atoms with E-state index < -0.39 is 10.0 Å². The zero-order valence-electron chi connectivity index (χ0n) is 9.73. The van der Waals surface area contributed by atoms with Gasteiger partial charge in [0, 0.05) is 12.3 Å². The molecule has 0 aliphatic carbocycles. The second-order valence-corrected chi connectivity index (χ2v) is 6.20. The van der Waals surface area contributed by atoms with Gasteiger partial charge in [0.1, 0.15) is 0 Å². The average Bonchev–Trinajstić information content (AvgIpc) is 2.28. The van der Waals surface area contributed by atoms with E-state index in [1.807, 2.05) is 12.3 Å². The second-order valence-electron chi connectivity index (χ2n) is 3.48. The highest BCUT2D eigenvalue weighted by molar-refractivity contribution is 7.98. The summed E-state index contributed by atoms with van der Waals surface area (Å²) in [5.41, 5.74) is 1.05. The molecule has 6 heteroatoms. The molecule has 0 aliphatic heterocycles. The molecule has 1 aromatic rings. The lowest BCUT2D eigenvalue weighted by atomic mass is 10.2. The van der Waals surface area contributed by atoms with Crippen LogP contribution in [0.4, 0.5) is 0 Å². The smallest absolute Gasteiger partial charge is 0.210 e. The molecule has 0 unspecified atom stereocenters. The Morgan fingerprint density at radius 2 is 2.18 bits per heavy atom. The Bertz CT molecular complexity index is 533. The topological polar surface area (TPSA) is 70.0 Å². The maximum absolute atomic E-state index is 11.9. The van der Waals surface area contributed by atoms with Gasteiger partial charge < -0.3 is 0 Å². The first-order valence-electron chi connectivity index (χ1n) is 5.00. The van der Waals surface area contributed by atoms with E-state index >= 15 is 0 Å². The molecule has 0 saturated carbocycles. The first-order valence-corrected chi connectivity index (χ1v) is 7.88. The molecule has 0 amide bonds. The van der Waals surface area contributed by atoms with E-state index in [4.69, 9.17) is 5.26 Å². The predicted octanol–water partition coefficient (Wildman–Crippen LogP) is 1.51. The van der Waals surface area contributed by atoms with Gasteiger partial charge in [-0.3, -0.25) is 0 Å². The van der Waals surface area contributed by atoms with Crippen molar-refractivity contribution in [3.8, 4) is 6.07 Å². The van der Waals surface area contributed by atoms with Gasteiger partial charge in [0.2, 0.25) is 10.0 Å². The van der Waals surface area contributed by atoms with Gasteiger partial charge in [-0.1, -0.05) is 0 Å². The summed E-state index contributed by atoms with van der Waals surface area (Å²) < 4.78 is 26.4. The van der Waals surface area contributed by atoms with Crippen molar-refractivity contribution in [1.29, 1.82) is 5.26 Å². The van der Waals surface area contributed by atoms with Crippen LogP contribution in [0.1, 0.15) is 11.1 Å². The fraction of sp³-hybridized carbons (Fsp3) is 0.364. The number of sulfonamides is 1. The molecule has 0 bridgehead atoms. The van der Waals surface area contributed by atoms with Gasteiger partial charge in [-0.25, -0.2) is 13.1 Å². The molecule has 0 saturated heterocycles. The fourth-order valence-corrected chi connectivity index (χ4v) is 3.07. The van der Waals surface area contributed by atoms with Crippen LogP contribution in [0.2, 0.25) is 0 Å². The van der Waals surface area contributed by atoms with E-state index in [-0.39, 0.29) is 4.90 Å². The number of nitrogens with one attached hydrogen (secondary N) is 1. The molecule has 92 valence electrons. The van der Waals surface area contributed by atoms with E-state index in [9.17, 15) is 8.42 Å². The first-order chi connectivity index (χ1) is 8.01. The van der Waals surface area contributed by atoms with Gasteiger partial charge in [0.05, 0.1) is 16.5 Å². The molecular formula is C11H14N2O2S2. The molecule has 0 fully saturated rings. The molecule has 1 rings (SSSR count). The molecule has 1 N–H and O–H groups in total. The molecule has 1 aromatic carbocycles. The van der Waals surface area contributed by atoms with Gasteiger partial charge in [-0.05, 0) is 36.9 Å². The van der Waals surface area contributed by atoms with Crippen LogP contribution in [0.3, 0.4) is 0 Å². The van der Waals surface area contributed by atoms with Gasteiger partial charge in [-0.2, -0.15) is 17.0 Å². The Labute approximate surface area is 106 Å². The van der Waals surface area contributed by atoms with Crippen LogP contribution in [0, 0.1) is 18.3 Å². The number of rotatable bonds is 5. The van der Waals surface area contributed by atoms with E-state index in [2.05, 4.69) is 4.72 Å². The maximum atomic E-state index is 11.9. The number of nitriles is 1. The number of thioether (sulfide) groups is 1. The lowest BCUT2D eigenvalue weighted by molar-refractivity contribution is 0.583. The second kappa shape index (κ2) is 6.05. The Morgan fingerprint density at radius 3 is 2.71 bits per heavy atom. The zero-order valence-corrected chi connectivity index (χ0v) is 11.4. The Kier molecular flexibility index (Phi) is 5.00. The molecule has 0 heterocycles. The third-order valence-electron chi connectivity index (χ3n) is 2.19. The van der Waals surface area contributed by atoms with Crippen molar-refractivity contribution >= 4 is 21.8 Å². The van der Waals surface area contributed by atoms with E-state index in [0.29, 0.717) is 17.7 Å². The van der Waals surface area contributed by atoms with Gasteiger partial charge in [0.15, 0.2) is 0 Å². The summed E-state index contributed by atoms with van der Waals surface area (Å²) in [6.45, 7) is 2.09. The predicted molar refractivity (Wildman–Crippen MR) is 69.5 cm³/mol. The summed E-state index contributed by atoms with van der Waals surface area (Å²) in [6, 6.07) is 6.53. The molecule has 0 aromatic heterocycles. The van der Waals surface area contributed by atoms with Crippen LogP contribution >= 0.6 is 11.8 Å². The quantitative estimate of drug-likeness (QED) is 0.823. The number of benzene rings is 1. The number of nitrogens with zero attached hydrogens (tertiary/aromatic N) is 1. The first kappa shape index (κ1) is 14.0. The standard InChI is InChI=1S/C11H14N2O2S2/c1-9-7-10(8-12)3-4-11(9)17(14,15)13-5-6-16-2/h3-4,7,13H,5-6H2,1-2H3. The summed E-state index contributed by atoms with van der Waals surface area (Å²) in [5.74, 6) is 0.731. The molecule has 0 atom stereocenters. The summed E-state index contributed by atoms with van der Waals surface area (Å²) in [7, 11) is -3.46. The highest BCUT2D eigenvalue weighted by Crippen LogP contribution is 2.16. The molecule has 0 spiro atoms. The van der Waals surface area contributed by atoms with Crippen LogP contribution in [0.5, 0.6) is 0 Å². The summed E-state index contributed by atoms with van der Waals surface area (Å²) in [4.78, 5) is 0.234.